The van der Waals surface area contributed by atoms with E-state index in [-0.39, 0.29) is 0 Å². The average Bonchev–Trinajstić information content (AvgIpc) is 3.05. The fourth-order valence-corrected chi connectivity index (χ4v) is 3.64. The molecule has 0 unspecified atom stereocenters. The molecule has 0 saturated carbocycles. The van der Waals surface area contributed by atoms with Crippen LogP contribution in [0.4, 0.5) is 0 Å². The first-order valence-corrected chi connectivity index (χ1v) is 10.0. The summed E-state index contributed by atoms with van der Waals surface area (Å²) in [6.45, 7) is 9.00. The van der Waals surface area contributed by atoms with Crippen LogP contribution in [0.15, 0.2) is 60.3 Å². The molecule has 27 heavy (non-hydrogen) atoms. The van der Waals surface area contributed by atoms with Crippen molar-refractivity contribution in [3.05, 3.63) is 82.7 Å². The Labute approximate surface area is 169 Å². The average molecular weight is 400 g/mol. The predicted molar refractivity (Wildman–Crippen MR) is 111 cm³/mol. The number of halogens is 1. The molecule has 0 radical (unpaired) electrons. The Morgan fingerprint density at radius 1 is 1.15 bits per heavy atom. The summed E-state index contributed by atoms with van der Waals surface area (Å²) in [6, 6.07) is 13.9. The van der Waals surface area contributed by atoms with Crippen molar-refractivity contribution in [1.82, 2.24) is 14.8 Å². The van der Waals surface area contributed by atoms with Gasteiger partial charge in [0.05, 0.1) is 0 Å². The van der Waals surface area contributed by atoms with Gasteiger partial charge in [0.1, 0.15) is 12.4 Å². The molecule has 0 atom stereocenters. The van der Waals surface area contributed by atoms with Crippen LogP contribution >= 0.6 is 23.4 Å². The lowest BCUT2D eigenvalue weighted by molar-refractivity contribution is 0.287. The van der Waals surface area contributed by atoms with Gasteiger partial charge in [-0.2, -0.15) is 0 Å². The molecule has 0 spiro atoms. The van der Waals surface area contributed by atoms with Crippen LogP contribution in [0.5, 0.6) is 5.75 Å². The van der Waals surface area contributed by atoms with E-state index in [1.165, 1.54) is 11.1 Å². The summed E-state index contributed by atoms with van der Waals surface area (Å²) in [4.78, 5) is 0. The van der Waals surface area contributed by atoms with Crippen LogP contribution in [0, 0.1) is 13.8 Å². The molecule has 0 aliphatic rings. The fourth-order valence-electron chi connectivity index (χ4n) is 2.60. The Morgan fingerprint density at radius 2 is 1.93 bits per heavy atom. The maximum atomic E-state index is 6.00. The van der Waals surface area contributed by atoms with Gasteiger partial charge in [0.25, 0.3) is 0 Å². The van der Waals surface area contributed by atoms with Crippen molar-refractivity contribution in [2.24, 2.45) is 0 Å². The molecule has 140 valence electrons. The third kappa shape index (κ3) is 4.93. The molecule has 0 fully saturated rings. The topological polar surface area (TPSA) is 39.9 Å². The number of allylic oxidation sites excluding steroid dienone is 1. The van der Waals surface area contributed by atoms with Crippen molar-refractivity contribution in [2.45, 2.75) is 37.9 Å². The molecule has 1 heterocycles. The minimum absolute atomic E-state index is 0.368. The van der Waals surface area contributed by atoms with E-state index < -0.39 is 0 Å². The molecule has 2 aromatic carbocycles. The van der Waals surface area contributed by atoms with Crippen molar-refractivity contribution in [2.75, 3.05) is 0 Å². The molecular formula is C21H22ClN3OS. The molecular weight excluding hydrogens is 378 g/mol. The van der Waals surface area contributed by atoms with Crippen LogP contribution in [-0.4, -0.2) is 14.8 Å². The monoisotopic (exact) mass is 399 g/mol. The zero-order valence-electron chi connectivity index (χ0n) is 15.5. The molecule has 3 rings (SSSR count). The van der Waals surface area contributed by atoms with E-state index in [4.69, 9.17) is 16.3 Å². The third-order valence-electron chi connectivity index (χ3n) is 4.30. The number of ether oxygens (including phenoxy) is 1. The van der Waals surface area contributed by atoms with Gasteiger partial charge in [-0.3, -0.25) is 4.57 Å². The van der Waals surface area contributed by atoms with Gasteiger partial charge in [0.2, 0.25) is 0 Å². The van der Waals surface area contributed by atoms with Gasteiger partial charge in [-0.05, 0) is 48.7 Å². The molecule has 0 aliphatic heterocycles. The minimum atomic E-state index is 0.368. The van der Waals surface area contributed by atoms with Gasteiger partial charge >= 0.3 is 0 Å². The first-order chi connectivity index (χ1) is 13.1. The summed E-state index contributed by atoms with van der Waals surface area (Å²) in [5.41, 5.74) is 3.54. The van der Waals surface area contributed by atoms with E-state index in [2.05, 4.69) is 36.7 Å². The van der Waals surface area contributed by atoms with Gasteiger partial charge in [-0.15, -0.1) is 16.8 Å². The Kier molecular flexibility index (Phi) is 6.58. The summed E-state index contributed by atoms with van der Waals surface area (Å²) in [6.07, 6.45) is 1.84. The highest BCUT2D eigenvalue weighted by Gasteiger charge is 2.13. The second-order valence-corrected chi connectivity index (χ2v) is 7.58. The van der Waals surface area contributed by atoms with Crippen LogP contribution < -0.4 is 4.74 Å². The molecule has 1 aromatic heterocycles. The lowest BCUT2D eigenvalue weighted by Gasteiger charge is -2.12. The van der Waals surface area contributed by atoms with Crippen molar-refractivity contribution in [3.63, 3.8) is 0 Å². The van der Waals surface area contributed by atoms with Crippen LogP contribution in [-0.2, 0) is 18.9 Å². The van der Waals surface area contributed by atoms with Gasteiger partial charge in [0.15, 0.2) is 11.0 Å². The predicted octanol–water partition coefficient (Wildman–Crippen LogP) is 5.61. The number of rotatable bonds is 8. The summed E-state index contributed by atoms with van der Waals surface area (Å²) in [7, 11) is 0. The number of hydrogen-bond donors (Lipinski definition) is 0. The van der Waals surface area contributed by atoms with Crippen LogP contribution in [0.25, 0.3) is 0 Å². The number of nitrogens with zero attached hydrogens (tertiary/aromatic N) is 3. The molecule has 0 N–H and O–H groups in total. The first-order valence-electron chi connectivity index (χ1n) is 8.67. The maximum Gasteiger partial charge on any atom is 0.191 e. The molecule has 6 heteroatoms. The second-order valence-electron chi connectivity index (χ2n) is 6.20. The standard InChI is InChI=1S/C21H22ClN3OS/c1-4-12-25-20(13-26-19-7-5-6-15(2)16(19)3)23-24-21(25)27-14-17-8-10-18(22)11-9-17/h4-11H,1,12-14H2,2-3H3. The van der Waals surface area contributed by atoms with E-state index >= 15 is 0 Å². The van der Waals surface area contributed by atoms with Crippen LogP contribution in [0.3, 0.4) is 0 Å². The Hall–Kier alpha value is -2.24. The normalized spacial score (nSPS) is 10.8. The second kappa shape index (κ2) is 9.11. The van der Waals surface area contributed by atoms with Crippen LogP contribution in [0.1, 0.15) is 22.5 Å². The van der Waals surface area contributed by atoms with Crippen molar-refractivity contribution >= 4 is 23.4 Å². The highest BCUT2D eigenvalue weighted by Crippen LogP contribution is 2.25. The maximum absolute atomic E-state index is 6.00. The third-order valence-corrected chi connectivity index (χ3v) is 5.59. The smallest absolute Gasteiger partial charge is 0.191 e. The summed E-state index contributed by atoms with van der Waals surface area (Å²) in [5.74, 6) is 2.46. The van der Waals surface area contributed by atoms with Gasteiger partial charge < -0.3 is 4.74 Å². The SMILES string of the molecule is C=CCn1c(COc2cccc(C)c2C)nnc1SCc1ccc(Cl)cc1. The zero-order chi connectivity index (χ0) is 19.2. The van der Waals surface area contributed by atoms with Gasteiger partial charge in [0, 0.05) is 17.3 Å². The van der Waals surface area contributed by atoms with Crippen molar-refractivity contribution in [3.8, 4) is 5.75 Å². The molecule has 4 nitrogen and oxygen atoms in total. The highest BCUT2D eigenvalue weighted by atomic mass is 35.5. The van der Waals surface area contributed by atoms with Crippen molar-refractivity contribution in [1.29, 1.82) is 0 Å². The fraction of sp³-hybridized carbons (Fsp3) is 0.238. The van der Waals surface area contributed by atoms with E-state index in [0.29, 0.717) is 13.2 Å². The van der Waals surface area contributed by atoms with E-state index in [0.717, 1.165) is 33.1 Å². The number of aromatic nitrogens is 3. The number of aryl methyl sites for hydroxylation is 1. The molecule has 0 aliphatic carbocycles. The van der Waals surface area contributed by atoms with E-state index in [9.17, 15) is 0 Å². The molecule has 0 saturated heterocycles. The quantitative estimate of drug-likeness (QED) is 0.365. The van der Waals surface area contributed by atoms with E-state index in [1.807, 2.05) is 47.0 Å². The zero-order valence-corrected chi connectivity index (χ0v) is 17.1. The minimum Gasteiger partial charge on any atom is -0.485 e. The summed E-state index contributed by atoms with van der Waals surface area (Å²) in [5, 5.41) is 10.3. The lowest BCUT2D eigenvalue weighted by Crippen LogP contribution is -2.08. The van der Waals surface area contributed by atoms with E-state index in [1.54, 1.807) is 11.8 Å². The summed E-state index contributed by atoms with van der Waals surface area (Å²) < 4.78 is 8.04. The molecule has 3 aromatic rings. The molecule has 0 amide bonds. The Balaban J connectivity index is 1.71. The number of thioether (sulfide) groups is 1. The Morgan fingerprint density at radius 3 is 2.67 bits per heavy atom. The number of hydrogen-bond acceptors (Lipinski definition) is 4. The first kappa shape index (κ1) is 19.5. The largest absolute Gasteiger partial charge is 0.485 e. The van der Waals surface area contributed by atoms with Crippen LogP contribution in [0.2, 0.25) is 5.02 Å². The lowest BCUT2D eigenvalue weighted by atomic mass is 10.1. The van der Waals surface area contributed by atoms with Crippen molar-refractivity contribution < 1.29 is 4.74 Å². The van der Waals surface area contributed by atoms with Gasteiger partial charge in [-0.25, -0.2) is 0 Å². The van der Waals surface area contributed by atoms with Gasteiger partial charge in [-0.1, -0.05) is 53.7 Å². The number of benzene rings is 2. The Bertz CT molecular complexity index is 922. The highest BCUT2D eigenvalue weighted by molar-refractivity contribution is 7.98. The molecule has 0 bridgehead atoms. The summed E-state index contributed by atoms with van der Waals surface area (Å²) >= 11 is 7.58.